The molecule has 2 N–H and O–H groups in total. The Morgan fingerprint density at radius 1 is 1.09 bits per heavy atom. The molecule has 0 radical (unpaired) electrons. The lowest BCUT2D eigenvalue weighted by atomic mass is 10.3. The third-order valence-electron chi connectivity index (χ3n) is 3.64. The number of carbonyl (C=O) groups is 1. The van der Waals surface area contributed by atoms with Gasteiger partial charge in [-0.05, 0) is 26.8 Å². The summed E-state index contributed by atoms with van der Waals surface area (Å²) in [5.74, 6) is 1.69. The molecule has 2 amide bonds. The molecule has 0 saturated carbocycles. The quantitative estimate of drug-likeness (QED) is 0.852. The van der Waals surface area contributed by atoms with Crippen LogP contribution in [0.15, 0.2) is 6.07 Å². The SMILES string of the molecule is Cc1cc(C)nc(N2CCN(C(=O)Nc3n[nH]c(C)n3)CC2)n1. The van der Waals surface area contributed by atoms with Crippen LogP contribution in [-0.4, -0.2) is 62.3 Å². The minimum Gasteiger partial charge on any atom is -0.337 e. The average Bonchev–Trinajstić information content (AvgIpc) is 2.91. The van der Waals surface area contributed by atoms with Crippen molar-refractivity contribution >= 4 is 17.9 Å². The lowest BCUT2D eigenvalue weighted by Gasteiger charge is -2.34. The molecule has 3 heterocycles. The molecule has 3 rings (SSSR count). The van der Waals surface area contributed by atoms with Gasteiger partial charge in [0.15, 0.2) is 0 Å². The Hall–Kier alpha value is -2.71. The van der Waals surface area contributed by atoms with Gasteiger partial charge in [0.05, 0.1) is 0 Å². The number of nitrogens with zero attached hydrogens (tertiary/aromatic N) is 6. The molecule has 0 atom stereocenters. The van der Waals surface area contributed by atoms with Crippen molar-refractivity contribution in [3.05, 3.63) is 23.3 Å². The third kappa shape index (κ3) is 3.55. The molecule has 1 saturated heterocycles. The van der Waals surface area contributed by atoms with Gasteiger partial charge in [0, 0.05) is 37.6 Å². The number of urea groups is 1. The van der Waals surface area contributed by atoms with Crippen molar-refractivity contribution in [1.29, 1.82) is 0 Å². The molecule has 0 unspecified atom stereocenters. The van der Waals surface area contributed by atoms with Crippen LogP contribution in [-0.2, 0) is 0 Å². The highest BCUT2D eigenvalue weighted by atomic mass is 16.2. The fourth-order valence-corrected chi connectivity index (χ4v) is 2.53. The second kappa shape index (κ2) is 6.19. The van der Waals surface area contributed by atoms with E-state index in [2.05, 4.69) is 35.4 Å². The fourth-order valence-electron chi connectivity index (χ4n) is 2.53. The molecule has 1 aliphatic rings. The minimum absolute atomic E-state index is 0.190. The fraction of sp³-hybridized carbons (Fsp3) is 0.500. The summed E-state index contributed by atoms with van der Waals surface area (Å²) in [5.41, 5.74) is 1.90. The van der Waals surface area contributed by atoms with Crippen LogP contribution in [0.1, 0.15) is 17.2 Å². The number of H-pyrrole nitrogens is 1. The van der Waals surface area contributed by atoms with Gasteiger partial charge in [-0.1, -0.05) is 0 Å². The van der Waals surface area contributed by atoms with Crippen molar-refractivity contribution in [3.8, 4) is 0 Å². The van der Waals surface area contributed by atoms with Crippen LogP contribution >= 0.6 is 0 Å². The number of aryl methyl sites for hydroxylation is 3. The van der Waals surface area contributed by atoms with Gasteiger partial charge >= 0.3 is 6.03 Å². The van der Waals surface area contributed by atoms with E-state index in [9.17, 15) is 4.79 Å². The first-order valence-electron chi connectivity index (χ1n) is 7.53. The Morgan fingerprint density at radius 3 is 2.30 bits per heavy atom. The van der Waals surface area contributed by atoms with E-state index in [1.165, 1.54) is 0 Å². The van der Waals surface area contributed by atoms with Crippen molar-refractivity contribution in [2.75, 3.05) is 36.4 Å². The summed E-state index contributed by atoms with van der Waals surface area (Å²) in [7, 11) is 0. The topological polar surface area (TPSA) is 103 Å². The molecule has 2 aromatic rings. The van der Waals surface area contributed by atoms with Gasteiger partial charge in [-0.25, -0.2) is 14.8 Å². The van der Waals surface area contributed by atoms with Crippen LogP contribution in [0.5, 0.6) is 0 Å². The molecule has 0 spiro atoms. The largest absolute Gasteiger partial charge is 0.337 e. The van der Waals surface area contributed by atoms with E-state index in [0.717, 1.165) is 17.3 Å². The third-order valence-corrected chi connectivity index (χ3v) is 3.64. The van der Waals surface area contributed by atoms with Crippen LogP contribution in [0.4, 0.5) is 16.7 Å². The lowest BCUT2D eigenvalue weighted by Crippen LogP contribution is -2.50. The average molecular weight is 316 g/mol. The summed E-state index contributed by atoms with van der Waals surface area (Å²) in [5, 5.41) is 9.29. The maximum absolute atomic E-state index is 12.2. The summed E-state index contributed by atoms with van der Waals surface area (Å²) >= 11 is 0. The number of piperazine rings is 1. The van der Waals surface area contributed by atoms with Gasteiger partial charge in [0.1, 0.15) is 5.82 Å². The summed E-state index contributed by atoms with van der Waals surface area (Å²) in [6.07, 6.45) is 0. The van der Waals surface area contributed by atoms with Gasteiger partial charge in [0.25, 0.3) is 0 Å². The first-order chi connectivity index (χ1) is 11.0. The first kappa shape index (κ1) is 15.2. The maximum atomic E-state index is 12.2. The van der Waals surface area contributed by atoms with E-state index < -0.39 is 0 Å². The zero-order valence-electron chi connectivity index (χ0n) is 13.5. The number of aromatic nitrogens is 5. The predicted molar refractivity (Wildman–Crippen MR) is 85.4 cm³/mol. The second-order valence-corrected chi connectivity index (χ2v) is 5.60. The summed E-state index contributed by atoms with van der Waals surface area (Å²) < 4.78 is 0. The van der Waals surface area contributed by atoms with E-state index in [0.29, 0.717) is 38.0 Å². The number of hydrogen-bond acceptors (Lipinski definition) is 6. The monoisotopic (exact) mass is 316 g/mol. The molecule has 122 valence electrons. The molecule has 9 nitrogen and oxygen atoms in total. The predicted octanol–water partition coefficient (Wildman–Crippen LogP) is 0.874. The lowest BCUT2D eigenvalue weighted by molar-refractivity contribution is 0.207. The van der Waals surface area contributed by atoms with Gasteiger partial charge in [0.2, 0.25) is 11.9 Å². The highest BCUT2D eigenvalue weighted by Crippen LogP contribution is 2.13. The van der Waals surface area contributed by atoms with E-state index in [1.54, 1.807) is 11.8 Å². The van der Waals surface area contributed by atoms with Crippen molar-refractivity contribution in [2.24, 2.45) is 0 Å². The van der Waals surface area contributed by atoms with Gasteiger partial charge in [-0.2, -0.15) is 4.98 Å². The Kier molecular flexibility index (Phi) is 4.09. The number of rotatable bonds is 2. The molecule has 1 aliphatic heterocycles. The van der Waals surface area contributed by atoms with Crippen LogP contribution in [0, 0.1) is 20.8 Å². The molecule has 9 heteroatoms. The Labute approximate surface area is 134 Å². The minimum atomic E-state index is -0.190. The summed E-state index contributed by atoms with van der Waals surface area (Å²) in [4.78, 5) is 29.0. The van der Waals surface area contributed by atoms with Crippen molar-refractivity contribution in [2.45, 2.75) is 20.8 Å². The summed E-state index contributed by atoms with van der Waals surface area (Å²) in [6, 6.07) is 1.76. The summed E-state index contributed by atoms with van der Waals surface area (Å²) in [6.45, 7) is 8.30. The molecule has 0 aromatic carbocycles. The Balaban J connectivity index is 1.58. The zero-order valence-corrected chi connectivity index (χ0v) is 13.5. The number of anilines is 2. The van der Waals surface area contributed by atoms with Gasteiger partial charge in [-0.15, -0.1) is 5.10 Å². The Morgan fingerprint density at radius 2 is 1.74 bits per heavy atom. The highest BCUT2D eigenvalue weighted by molar-refractivity contribution is 5.87. The zero-order chi connectivity index (χ0) is 16.4. The number of hydrogen-bond donors (Lipinski definition) is 2. The molecular weight excluding hydrogens is 296 g/mol. The molecule has 0 bridgehead atoms. The van der Waals surface area contributed by atoms with Crippen LogP contribution in [0.2, 0.25) is 0 Å². The molecule has 23 heavy (non-hydrogen) atoms. The molecular formula is C14H20N8O. The normalized spacial score (nSPS) is 14.9. The van der Waals surface area contributed by atoms with Crippen molar-refractivity contribution in [1.82, 2.24) is 30.0 Å². The number of carbonyl (C=O) groups excluding carboxylic acids is 1. The number of nitrogens with one attached hydrogen (secondary N) is 2. The van der Waals surface area contributed by atoms with Crippen molar-refractivity contribution in [3.63, 3.8) is 0 Å². The van der Waals surface area contributed by atoms with E-state index in [-0.39, 0.29) is 6.03 Å². The van der Waals surface area contributed by atoms with Gasteiger partial charge in [-0.3, -0.25) is 10.4 Å². The maximum Gasteiger partial charge on any atom is 0.324 e. The van der Waals surface area contributed by atoms with E-state index in [4.69, 9.17) is 0 Å². The molecule has 0 aliphatic carbocycles. The highest BCUT2D eigenvalue weighted by Gasteiger charge is 2.23. The number of aromatic amines is 1. The molecule has 1 fully saturated rings. The van der Waals surface area contributed by atoms with Crippen LogP contribution < -0.4 is 10.2 Å². The smallest absolute Gasteiger partial charge is 0.324 e. The Bertz CT molecular complexity index is 684. The van der Waals surface area contributed by atoms with Crippen LogP contribution in [0.25, 0.3) is 0 Å². The number of amides is 2. The van der Waals surface area contributed by atoms with Crippen LogP contribution in [0.3, 0.4) is 0 Å². The van der Waals surface area contributed by atoms with E-state index in [1.807, 2.05) is 19.9 Å². The van der Waals surface area contributed by atoms with Crippen molar-refractivity contribution < 1.29 is 4.79 Å². The first-order valence-corrected chi connectivity index (χ1v) is 7.53. The molecule has 2 aromatic heterocycles. The van der Waals surface area contributed by atoms with E-state index >= 15 is 0 Å². The van der Waals surface area contributed by atoms with Gasteiger partial charge < -0.3 is 9.80 Å². The standard InChI is InChI=1S/C14H20N8O/c1-9-8-10(2)16-13(15-9)21-4-6-22(7-5-21)14(23)18-12-17-11(3)19-20-12/h8H,4-7H2,1-3H3,(H2,17,18,19,20,23). The second-order valence-electron chi connectivity index (χ2n) is 5.60.